The minimum absolute atomic E-state index is 0.356. The topological polar surface area (TPSA) is 61.6 Å². The fourth-order valence-electron chi connectivity index (χ4n) is 2.37. The van der Waals surface area contributed by atoms with Gasteiger partial charge in [0.05, 0.1) is 24.8 Å². The summed E-state index contributed by atoms with van der Waals surface area (Å²) < 4.78 is 16.4. The molecule has 0 radical (unpaired) electrons. The van der Waals surface area contributed by atoms with E-state index in [0.717, 1.165) is 18.4 Å². The summed E-state index contributed by atoms with van der Waals surface area (Å²) in [6.07, 6.45) is 1.83. The summed E-state index contributed by atoms with van der Waals surface area (Å²) in [5.74, 6) is 0.622. The van der Waals surface area contributed by atoms with Crippen molar-refractivity contribution in [1.82, 2.24) is 4.98 Å². The number of oxazole rings is 1. The van der Waals surface area contributed by atoms with Gasteiger partial charge < -0.3 is 13.9 Å². The second kappa shape index (κ2) is 7.17. The maximum absolute atomic E-state index is 12.1. The van der Waals surface area contributed by atoms with Gasteiger partial charge in [-0.1, -0.05) is 25.5 Å². The van der Waals surface area contributed by atoms with E-state index in [1.54, 1.807) is 25.3 Å². The van der Waals surface area contributed by atoms with Gasteiger partial charge in [0.2, 0.25) is 5.89 Å². The van der Waals surface area contributed by atoms with E-state index >= 15 is 0 Å². The largest absolute Gasteiger partial charge is 0.496 e. The molecule has 0 bridgehead atoms. The van der Waals surface area contributed by atoms with E-state index < -0.39 is 0 Å². The van der Waals surface area contributed by atoms with Gasteiger partial charge in [-0.3, -0.25) is 0 Å². The highest BCUT2D eigenvalue weighted by atomic mass is 16.5. The molecule has 3 rings (SSSR count). The summed E-state index contributed by atoms with van der Waals surface area (Å²) in [4.78, 5) is 16.5. The minimum Gasteiger partial charge on any atom is -0.496 e. The summed E-state index contributed by atoms with van der Waals surface area (Å²) in [5, 5.41) is 0. The number of ether oxygens (including phenoxy) is 2. The molecule has 0 atom stereocenters. The van der Waals surface area contributed by atoms with Gasteiger partial charge in [0.1, 0.15) is 11.3 Å². The number of rotatable bonds is 6. The average molecular weight is 325 g/mol. The molecule has 0 unspecified atom stereocenters. The molecule has 0 saturated heterocycles. The molecule has 0 spiro atoms. The van der Waals surface area contributed by atoms with Gasteiger partial charge in [0.25, 0.3) is 0 Å². The Kier molecular flexibility index (Phi) is 4.79. The van der Waals surface area contributed by atoms with Crippen LogP contribution in [0.15, 0.2) is 46.9 Å². The van der Waals surface area contributed by atoms with Crippen molar-refractivity contribution in [3.63, 3.8) is 0 Å². The first-order valence-electron chi connectivity index (χ1n) is 7.94. The number of hydrogen-bond donors (Lipinski definition) is 0. The van der Waals surface area contributed by atoms with E-state index in [0.29, 0.717) is 35.0 Å². The predicted octanol–water partition coefficient (Wildman–Crippen LogP) is 4.46. The fraction of sp³-hybridized carbons (Fsp3) is 0.263. The van der Waals surface area contributed by atoms with Gasteiger partial charge in [-0.25, -0.2) is 9.78 Å². The third-order valence-corrected chi connectivity index (χ3v) is 3.69. The lowest BCUT2D eigenvalue weighted by Crippen LogP contribution is -2.06. The monoisotopic (exact) mass is 325 g/mol. The van der Waals surface area contributed by atoms with E-state index in [4.69, 9.17) is 13.9 Å². The molecule has 5 nitrogen and oxygen atoms in total. The molecule has 0 aliphatic heterocycles. The molecule has 0 aliphatic carbocycles. The Morgan fingerprint density at radius 3 is 2.79 bits per heavy atom. The lowest BCUT2D eigenvalue weighted by Gasteiger charge is -2.08. The van der Waals surface area contributed by atoms with Gasteiger partial charge in [-0.05, 0) is 36.8 Å². The number of fused-ring (bicyclic) bond motifs is 1. The molecule has 1 heterocycles. The van der Waals surface area contributed by atoms with Crippen LogP contribution in [0.3, 0.4) is 0 Å². The van der Waals surface area contributed by atoms with Crippen LogP contribution in [0.1, 0.15) is 30.1 Å². The molecule has 0 fully saturated rings. The first-order chi connectivity index (χ1) is 11.7. The standard InChI is InChI=1S/C19H19NO4/c1-3-4-11-23-19(21)13-9-10-14(17(12-13)22-2)18-20-15-7-5-6-8-16(15)24-18/h5-10,12H,3-4,11H2,1-2H3. The van der Waals surface area contributed by atoms with E-state index in [9.17, 15) is 4.79 Å². The van der Waals surface area contributed by atoms with Crippen molar-refractivity contribution in [3.05, 3.63) is 48.0 Å². The van der Waals surface area contributed by atoms with Gasteiger partial charge in [-0.2, -0.15) is 0 Å². The highest BCUT2D eigenvalue weighted by Gasteiger charge is 2.16. The van der Waals surface area contributed by atoms with Gasteiger partial charge in [-0.15, -0.1) is 0 Å². The number of nitrogens with zero attached hydrogens (tertiary/aromatic N) is 1. The molecule has 0 aliphatic rings. The molecule has 3 aromatic rings. The third kappa shape index (κ3) is 3.25. The van der Waals surface area contributed by atoms with Crippen LogP contribution in [-0.4, -0.2) is 24.7 Å². The summed E-state index contributed by atoms with van der Waals surface area (Å²) in [6.45, 7) is 2.47. The zero-order valence-corrected chi connectivity index (χ0v) is 13.7. The molecule has 0 amide bonds. The lowest BCUT2D eigenvalue weighted by atomic mass is 10.1. The summed E-state index contributed by atoms with van der Waals surface area (Å²) >= 11 is 0. The lowest BCUT2D eigenvalue weighted by molar-refractivity contribution is 0.0499. The molecular formula is C19H19NO4. The molecule has 2 aromatic carbocycles. The van der Waals surface area contributed by atoms with Crippen molar-refractivity contribution in [2.75, 3.05) is 13.7 Å². The number of aromatic nitrogens is 1. The highest BCUT2D eigenvalue weighted by molar-refractivity contribution is 5.91. The number of benzene rings is 2. The van der Waals surface area contributed by atoms with Crippen LogP contribution in [0, 0.1) is 0 Å². The van der Waals surface area contributed by atoms with Crippen molar-refractivity contribution in [2.24, 2.45) is 0 Å². The maximum Gasteiger partial charge on any atom is 0.338 e. The second-order valence-electron chi connectivity index (χ2n) is 5.39. The normalized spacial score (nSPS) is 10.8. The number of methoxy groups -OCH3 is 1. The zero-order chi connectivity index (χ0) is 16.9. The SMILES string of the molecule is CCCCOC(=O)c1ccc(-c2nc3ccccc3o2)c(OC)c1. The molecule has 124 valence electrons. The number of para-hydroxylation sites is 2. The Hall–Kier alpha value is -2.82. The Morgan fingerprint density at radius 1 is 1.21 bits per heavy atom. The number of carbonyl (C=O) groups is 1. The Bertz CT molecular complexity index is 820. The van der Waals surface area contributed by atoms with Crippen molar-refractivity contribution >= 4 is 17.1 Å². The maximum atomic E-state index is 12.1. The Labute approximate surface area is 140 Å². The molecule has 24 heavy (non-hydrogen) atoms. The van der Waals surface area contributed by atoms with Crippen LogP contribution >= 0.6 is 0 Å². The van der Waals surface area contributed by atoms with Crippen molar-refractivity contribution in [3.8, 4) is 17.2 Å². The second-order valence-corrected chi connectivity index (χ2v) is 5.39. The van der Waals surface area contributed by atoms with Crippen molar-refractivity contribution < 1.29 is 18.7 Å². The van der Waals surface area contributed by atoms with Crippen LogP contribution in [0.5, 0.6) is 5.75 Å². The van der Waals surface area contributed by atoms with E-state index in [1.807, 2.05) is 31.2 Å². The fourth-order valence-corrected chi connectivity index (χ4v) is 2.37. The Morgan fingerprint density at radius 2 is 2.04 bits per heavy atom. The smallest absolute Gasteiger partial charge is 0.338 e. The van der Waals surface area contributed by atoms with Crippen LogP contribution in [0.4, 0.5) is 0 Å². The summed E-state index contributed by atoms with van der Waals surface area (Å²) in [6, 6.07) is 12.6. The molecular weight excluding hydrogens is 306 g/mol. The number of carbonyl (C=O) groups excluding carboxylic acids is 1. The van der Waals surface area contributed by atoms with Gasteiger partial charge in [0, 0.05) is 0 Å². The van der Waals surface area contributed by atoms with Crippen LogP contribution in [0.2, 0.25) is 0 Å². The number of unbranched alkanes of at least 4 members (excludes halogenated alkanes) is 1. The zero-order valence-electron chi connectivity index (χ0n) is 13.7. The van der Waals surface area contributed by atoms with E-state index in [2.05, 4.69) is 4.98 Å². The molecule has 0 N–H and O–H groups in total. The van der Waals surface area contributed by atoms with Crippen LogP contribution < -0.4 is 4.74 Å². The predicted molar refractivity (Wildman–Crippen MR) is 91.2 cm³/mol. The summed E-state index contributed by atoms with van der Waals surface area (Å²) in [5.41, 5.74) is 2.62. The van der Waals surface area contributed by atoms with E-state index in [-0.39, 0.29) is 5.97 Å². The van der Waals surface area contributed by atoms with Crippen LogP contribution in [0.25, 0.3) is 22.6 Å². The molecule has 1 aromatic heterocycles. The van der Waals surface area contributed by atoms with Crippen LogP contribution in [-0.2, 0) is 4.74 Å². The molecule has 0 saturated carbocycles. The highest BCUT2D eigenvalue weighted by Crippen LogP contribution is 2.32. The molecule has 5 heteroatoms. The third-order valence-electron chi connectivity index (χ3n) is 3.69. The van der Waals surface area contributed by atoms with E-state index in [1.165, 1.54) is 0 Å². The first-order valence-corrected chi connectivity index (χ1v) is 7.94. The summed E-state index contributed by atoms with van der Waals surface area (Å²) in [7, 11) is 1.55. The van der Waals surface area contributed by atoms with Gasteiger partial charge in [0.15, 0.2) is 5.58 Å². The van der Waals surface area contributed by atoms with Crippen molar-refractivity contribution in [2.45, 2.75) is 19.8 Å². The average Bonchev–Trinajstić information content (AvgIpc) is 3.05. The Balaban J connectivity index is 1.90. The number of esters is 1. The quantitative estimate of drug-likeness (QED) is 0.494. The minimum atomic E-state index is -0.356. The van der Waals surface area contributed by atoms with Gasteiger partial charge >= 0.3 is 5.97 Å². The van der Waals surface area contributed by atoms with Crippen molar-refractivity contribution in [1.29, 1.82) is 0 Å². The first kappa shape index (κ1) is 16.1. The number of hydrogen-bond acceptors (Lipinski definition) is 5.